The van der Waals surface area contributed by atoms with Gasteiger partial charge in [0.05, 0.1) is 16.8 Å². The normalized spacial score (nSPS) is 13.7. The third kappa shape index (κ3) is 5.12. The molecule has 4 rings (SSSR count). The van der Waals surface area contributed by atoms with Gasteiger partial charge in [0.2, 0.25) is 5.91 Å². The molecule has 1 aliphatic heterocycles. The zero-order valence-corrected chi connectivity index (χ0v) is 20.3. The lowest BCUT2D eigenvalue weighted by atomic mass is 10.0. The summed E-state index contributed by atoms with van der Waals surface area (Å²) in [6.45, 7) is 1.77. The molecule has 3 aromatic carbocycles. The Bertz CT molecular complexity index is 1460. The topological polar surface area (TPSA) is 116 Å². The van der Waals surface area contributed by atoms with E-state index in [4.69, 9.17) is 11.6 Å². The summed E-state index contributed by atoms with van der Waals surface area (Å²) in [6.07, 6.45) is 0. The second kappa shape index (κ2) is 9.75. The van der Waals surface area contributed by atoms with Crippen LogP contribution in [0.1, 0.15) is 17.3 Å². The molecule has 2 amide bonds. The third-order valence-corrected chi connectivity index (χ3v) is 7.19. The van der Waals surface area contributed by atoms with E-state index in [1.165, 1.54) is 11.8 Å². The Labute approximate surface area is 210 Å². The summed E-state index contributed by atoms with van der Waals surface area (Å²) in [4.78, 5) is 24.6. The van der Waals surface area contributed by atoms with Crippen LogP contribution in [0.2, 0.25) is 5.02 Å². The van der Waals surface area contributed by atoms with Gasteiger partial charge in [-0.2, -0.15) is 0 Å². The van der Waals surface area contributed by atoms with Gasteiger partial charge in [0.15, 0.2) is 5.75 Å². The number of hydrogen-bond acceptors (Lipinski definition) is 5. The number of likely N-dealkylation sites (tertiary alicyclic amines) is 1. The highest BCUT2D eigenvalue weighted by molar-refractivity contribution is 7.92. The van der Waals surface area contributed by atoms with E-state index < -0.39 is 48.9 Å². The zero-order chi connectivity index (χ0) is 26.2. The van der Waals surface area contributed by atoms with Crippen molar-refractivity contribution in [1.29, 1.82) is 0 Å². The van der Waals surface area contributed by atoms with Crippen molar-refractivity contribution in [3.8, 4) is 16.9 Å². The van der Waals surface area contributed by atoms with Gasteiger partial charge in [-0.05, 0) is 23.8 Å². The quantitative estimate of drug-likeness (QED) is 0.444. The van der Waals surface area contributed by atoms with Gasteiger partial charge in [-0.1, -0.05) is 41.9 Å². The number of phenolic OH excluding ortho intramolecular Hbond substituents is 1. The molecule has 3 N–H and O–H groups in total. The Morgan fingerprint density at radius 3 is 2.36 bits per heavy atom. The molecule has 8 nitrogen and oxygen atoms in total. The summed E-state index contributed by atoms with van der Waals surface area (Å²) in [5, 5.41) is 12.6. The molecule has 0 unspecified atom stereocenters. The minimum absolute atomic E-state index is 0.0487. The predicted octanol–water partition coefficient (Wildman–Crippen LogP) is 3.75. The number of amides is 2. The monoisotopic (exact) mass is 535 g/mol. The van der Waals surface area contributed by atoms with Crippen LogP contribution in [0.4, 0.5) is 14.5 Å². The number of halogens is 3. The number of carbonyl (C=O) groups is 2. The van der Waals surface area contributed by atoms with Gasteiger partial charge in [0, 0.05) is 37.2 Å². The number of nitrogens with zero attached hydrogens (tertiary/aromatic N) is 1. The lowest BCUT2D eigenvalue weighted by molar-refractivity contribution is -0.120. The standard InChI is InChI=1S/C24H20ClF2N3O5S/c1-13(31)28-16-11-30(12-16)24(33)15-7-18(25)23(32)22(8-15)36(34,35)29-21-9-17(19(26)10-20(21)27)14-5-3-2-4-6-14/h2-10,16,29,32H,11-12H2,1H3,(H,28,31). The Balaban J connectivity index is 1.64. The summed E-state index contributed by atoms with van der Waals surface area (Å²) in [5.74, 6) is -3.74. The average Bonchev–Trinajstić information content (AvgIpc) is 2.79. The Morgan fingerprint density at radius 1 is 1.06 bits per heavy atom. The van der Waals surface area contributed by atoms with E-state index in [9.17, 15) is 31.9 Å². The molecule has 188 valence electrons. The van der Waals surface area contributed by atoms with Crippen molar-refractivity contribution < 1.29 is 31.9 Å². The molecule has 0 atom stereocenters. The van der Waals surface area contributed by atoms with E-state index in [0.717, 1.165) is 18.2 Å². The fraction of sp³-hybridized carbons (Fsp3) is 0.167. The van der Waals surface area contributed by atoms with Crippen LogP contribution < -0.4 is 10.0 Å². The van der Waals surface area contributed by atoms with Crippen LogP contribution in [0.3, 0.4) is 0 Å². The van der Waals surface area contributed by atoms with Crippen LogP contribution in [0.15, 0.2) is 59.5 Å². The van der Waals surface area contributed by atoms with Crippen LogP contribution in [-0.4, -0.2) is 49.4 Å². The van der Waals surface area contributed by atoms with Gasteiger partial charge >= 0.3 is 0 Å². The van der Waals surface area contributed by atoms with Crippen molar-refractivity contribution >= 4 is 39.1 Å². The molecule has 1 saturated heterocycles. The summed E-state index contributed by atoms with van der Waals surface area (Å²) in [5.41, 5.74) is -0.360. The molecule has 12 heteroatoms. The number of hydrogen-bond donors (Lipinski definition) is 3. The molecule has 0 radical (unpaired) electrons. The maximum atomic E-state index is 14.5. The third-order valence-electron chi connectivity index (χ3n) is 5.53. The van der Waals surface area contributed by atoms with E-state index in [0.29, 0.717) is 11.6 Å². The van der Waals surface area contributed by atoms with Crippen LogP contribution in [0.25, 0.3) is 11.1 Å². The molecule has 0 saturated carbocycles. The molecule has 0 spiro atoms. The lowest BCUT2D eigenvalue weighted by Crippen LogP contribution is -2.60. The fourth-order valence-electron chi connectivity index (χ4n) is 3.77. The van der Waals surface area contributed by atoms with Gasteiger partial charge < -0.3 is 15.3 Å². The van der Waals surface area contributed by atoms with Gasteiger partial charge in [-0.25, -0.2) is 17.2 Å². The first-order valence-electron chi connectivity index (χ1n) is 10.6. The first-order chi connectivity index (χ1) is 17.0. The highest BCUT2D eigenvalue weighted by Gasteiger charge is 2.33. The molecule has 0 aliphatic carbocycles. The van der Waals surface area contributed by atoms with Gasteiger partial charge in [0.25, 0.3) is 15.9 Å². The minimum Gasteiger partial charge on any atom is -0.505 e. The van der Waals surface area contributed by atoms with Crippen molar-refractivity contribution in [1.82, 2.24) is 10.2 Å². The van der Waals surface area contributed by atoms with E-state index in [1.54, 1.807) is 30.3 Å². The smallest absolute Gasteiger partial charge is 0.265 e. The van der Waals surface area contributed by atoms with Gasteiger partial charge in [-0.15, -0.1) is 0 Å². The van der Waals surface area contributed by atoms with Crippen LogP contribution >= 0.6 is 11.6 Å². The fourth-order valence-corrected chi connectivity index (χ4v) is 5.25. The summed E-state index contributed by atoms with van der Waals surface area (Å²) in [6, 6.07) is 11.5. The molecule has 0 bridgehead atoms. The second-order valence-electron chi connectivity index (χ2n) is 8.20. The van der Waals surface area contributed by atoms with Crippen molar-refractivity contribution in [2.75, 3.05) is 17.8 Å². The molecule has 36 heavy (non-hydrogen) atoms. The molecule has 0 aromatic heterocycles. The maximum absolute atomic E-state index is 14.5. The van der Waals surface area contributed by atoms with Crippen LogP contribution in [0.5, 0.6) is 5.75 Å². The number of carbonyl (C=O) groups excluding carboxylic acids is 2. The number of aromatic hydroxyl groups is 1. The van der Waals surface area contributed by atoms with E-state index in [1.807, 2.05) is 4.72 Å². The van der Waals surface area contributed by atoms with E-state index in [2.05, 4.69) is 5.32 Å². The summed E-state index contributed by atoms with van der Waals surface area (Å²) in [7, 11) is -4.67. The number of rotatable bonds is 6. The molecule has 1 heterocycles. The minimum atomic E-state index is -4.67. The Morgan fingerprint density at radius 2 is 1.72 bits per heavy atom. The highest BCUT2D eigenvalue weighted by Crippen LogP contribution is 2.35. The number of sulfonamides is 1. The molecule has 3 aromatic rings. The van der Waals surface area contributed by atoms with Crippen LogP contribution in [-0.2, 0) is 14.8 Å². The summed E-state index contributed by atoms with van der Waals surface area (Å²) < 4.78 is 57.1. The Kier molecular flexibility index (Phi) is 6.87. The first-order valence-corrected chi connectivity index (χ1v) is 12.5. The highest BCUT2D eigenvalue weighted by atomic mass is 35.5. The maximum Gasteiger partial charge on any atom is 0.265 e. The number of nitrogens with one attached hydrogen (secondary N) is 2. The van der Waals surface area contributed by atoms with Crippen molar-refractivity contribution in [2.24, 2.45) is 0 Å². The SMILES string of the molecule is CC(=O)NC1CN(C(=O)c2cc(Cl)c(O)c(S(=O)(=O)Nc3cc(-c4ccccc4)c(F)cc3F)c2)C1. The predicted molar refractivity (Wildman–Crippen MR) is 129 cm³/mol. The van der Waals surface area contributed by atoms with Crippen LogP contribution in [0, 0.1) is 11.6 Å². The summed E-state index contributed by atoms with van der Waals surface area (Å²) >= 11 is 6.00. The number of phenols is 1. The second-order valence-corrected chi connectivity index (χ2v) is 10.3. The van der Waals surface area contributed by atoms with Crippen molar-refractivity contribution in [3.63, 3.8) is 0 Å². The Hall–Kier alpha value is -3.70. The average molecular weight is 536 g/mol. The van der Waals surface area contributed by atoms with E-state index in [-0.39, 0.29) is 36.2 Å². The number of anilines is 1. The largest absolute Gasteiger partial charge is 0.505 e. The van der Waals surface area contributed by atoms with Crippen molar-refractivity contribution in [3.05, 3.63) is 76.8 Å². The van der Waals surface area contributed by atoms with Gasteiger partial charge in [-0.3, -0.25) is 14.3 Å². The molecular formula is C24H20ClF2N3O5S. The number of benzene rings is 3. The molecular weight excluding hydrogens is 516 g/mol. The molecule has 1 fully saturated rings. The van der Waals surface area contributed by atoms with Crippen molar-refractivity contribution in [2.45, 2.75) is 17.9 Å². The lowest BCUT2D eigenvalue weighted by Gasteiger charge is -2.39. The molecule has 1 aliphatic rings. The first kappa shape index (κ1) is 25.4. The zero-order valence-electron chi connectivity index (χ0n) is 18.8. The van der Waals surface area contributed by atoms with Gasteiger partial charge in [0.1, 0.15) is 16.5 Å². The van der Waals surface area contributed by atoms with E-state index >= 15 is 0 Å².